The molecule has 0 aliphatic rings. The number of carbonyl (C=O) groups is 1. The minimum absolute atomic E-state index is 0.0878. The van der Waals surface area contributed by atoms with E-state index in [-0.39, 0.29) is 10.7 Å². The standard InChI is InChI=1S/C10H11Br2NO2/c1-6(11)10(14)13-8-3-7(12)4-9(5-8)15-2/h3-6H,1-2H3,(H,13,14). The molecular weight excluding hydrogens is 326 g/mol. The van der Waals surface area contributed by atoms with Gasteiger partial charge in [0.15, 0.2) is 0 Å². The predicted molar refractivity (Wildman–Crippen MR) is 67.7 cm³/mol. The van der Waals surface area contributed by atoms with Crippen LogP contribution in [0.25, 0.3) is 0 Å². The van der Waals surface area contributed by atoms with E-state index < -0.39 is 0 Å². The van der Waals surface area contributed by atoms with Crippen molar-refractivity contribution in [2.45, 2.75) is 11.8 Å². The molecule has 0 bridgehead atoms. The molecule has 1 aromatic rings. The second-order valence-corrected chi connectivity index (χ2v) is 5.27. The maximum Gasteiger partial charge on any atom is 0.237 e. The van der Waals surface area contributed by atoms with Gasteiger partial charge in [-0.1, -0.05) is 31.9 Å². The second-order valence-electron chi connectivity index (χ2n) is 2.98. The number of hydrogen-bond acceptors (Lipinski definition) is 2. The summed E-state index contributed by atoms with van der Waals surface area (Å²) >= 11 is 6.53. The number of ether oxygens (including phenoxy) is 1. The molecule has 3 nitrogen and oxygen atoms in total. The van der Waals surface area contributed by atoms with Gasteiger partial charge in [0.05, 0.1) is 11.9 Å². The zero-order valence-electron chi connectivity index (χ0n) is 8.38. The molecule has 1 aromatic carbocycles. The van der Waals surface area contributed by atoms with Crippen molar-refractivity contribution in [3.05, 3.63) is 22.7 Å². The molecule has 0 heterocycles. The number of alkyl halides is 1. The van der Waals surface area contributed by atoms with E-state index in [9.17, 15) is 4.79 Å². The SMILES string of the molecule is COc1cc(Br)cc(NC(=O)C(C)Br)c1. The van der Waals surface area contributed by atoms with Crippen molar-refractivity contribution in [1.82, 2.24) is 0 Å². The Hall–Kier alpha value is -0.550. The Labute approximate surface area is 105 Å². The molecule has 0 aliphatic carbocycles. The van der Waals surface area contributed by atoms with Gasteiger partial charge >= 0.3 is 0 Å². The zero-order valence-corrected chi connectivity index (χ0v) is 11.6. The second kappa shape index (κ2) is 5.51. The van der Waals surface area contributed by atoms with Crippen molar-refractivity contribution in [1.29, 1.82) is 0 Å². The molecule has 0 radical (unpaired) electrons. The van der Waals surface area contributed by atoms with Crippen LogP contribution in [0, 0.1) is 0 Å². The highest BCUT2D eigenvalue weighted by atomic mass is 79.9. The number of nitrogens with one attached hydrogen (secondary N) is 1. The summed E-state index contributed by atoms with van der Waals surface area (Å²) in [5.41, 5.74) is 0.706. The third kappa shape index (κ3) is 3.83. The van der Waals surface area contributed by atoms with Crippen LogP contribution in [0.1, 0.15) is 6.92 Å². The Morgan fingerprint density at radius 3 is 2.67 bits per heavy atom. The van der Waals surface area contributed by atoms with Crippen LogP contribution < -0.4 is 10.1 Å². The molecule has 5 heteroatoms. The summed E-state index contributed by atoms with van der Waals surface area (Å²) < 4.78 is 5.95. The highest BCUT2D eigenvalue weighted by molar-refractivity contribution is 9.10. The Morgan fingerprint density at radius 1 is 1.47 bits per heavy atom. The van der Waals surface area contributed by atoms with E-state index in [1.807, 2.05) is 12.1 Å². The van der Waals surface area contributed by atoms with Crippen molar-refractivity contribution < 1.29 is 9.53 Å². The van der Waals surface area contributed by atoms with Crippen molar-refractivity contribution in [2.24, 2.45) is 0 Å². The van der Waals surface area contributed by atoms with E-state index in [1.54, 1.807) is 20.1 Å². The molecule has 0 fully saturated rings. The van der Waals surface area contributed by atoms with Gasteiger partial charge in [0.25, 0.3) is 0 Å². The van der Waals surface area contributed by atoms with Crippen molar-refractivity contribution in [2.75, 3.05) is 12.4 Å². The highest BCUT2D eigenvalue weighted by Gasteiger charge is 2.09. The van der Waals surface area contributed by atoms with Crippen LogP contribution in [0.4, 0.5) is 5.69 Å². The van der Waals surface area contributed by atoms with Gasteiger partial charge in [-0.05, 0) is 19.1 Å². The maximum absolute atomic E-state index is 11.4. The summed E-state index contributed by atoms with van der Waals surface area (Å²) in [4.78, 5) is 11.2. The molecule has 0 saturated carbocycles. The van der Waals surface area contributed by atoms with Gasteiger partial charge < -0.3 is 10.1 Å². The molecule has 1 N–H and O–H groups in total. The van der Waals surface area contributed by atoms with E-state index >= 15 is 0 Å². The molecule has 1 rings (SSSR count). The monoisotopic (exact) mass is 335 g/mol. The van der Waals surface area contributed by atoms with Crippen LogP contribution in [0.2, 0.25) is 0 Å². The lowest BCUT2D eigenvalue weighted by atomic mass is 10.3. The minimum Gasteiger partial charge on any atom is -0.497 e. The summed E-state index contributed by atoms with van der Waals surface area (Å²) in [6, 6.07) is 5.40. The quantitative estimate of drug-likeness (QED) is 0.861. The van der Waals surface area contributed by atoms with E-state index in [4.69, 9.17) is 4.74 Å². The zero-order chi connectivity index (χ0) is 11.4. The largest absolute Gasteiger partial charge is 0.497 e. The molecular formula is C10H11Br2NO2. The van der Waals surface area contributed by atoms with Crippen molar-refractivity contribution in [3.8, 4) is 5.75 Å². The number of amides is 1. The smallest absolute Gasteiger partial charge is 0.237 e. The first-order chi connectivity index (χ1) is 7.02. The Kier molecular flexibility index (Phi) is 4.60. The van der Waals surface area contributed by atoms with Crippen LogP contribution in [0.5, 0.6) is 5.75 Å². The number of carbonyl (C=O) groups excluding carboxylic acids is 1. The molecule has 0 saturated heterocycles. The van der Waals surface area contributed by atoms with Crippen LogP contribution in [-0.4, -0.2) is 17.8 Å². The van der Waals surface area contributed by atoms with E-state index in [0.717, 1.165) is 4.47 Å². The average Bonchev–Trinajstić information content (AvgIpc) is 2.16. The Balaban J connectivity index is 2.85. The number of halogens is 2. The van der Waals surface area contributed by atoms with Gasteiger partial charge in [0, 0.05) is 16.2 Å². The van der Waals surface area contributed by atoms with Gasteiger partial charge in [-0.3, -0.25) is 4.79 Å². The van der Waals surface area contributed by atoms with Gasteiger partial charge in [0.1, 0.15) is 5.75 Å². The molecule has 15 heavy (non-hydrogen) atoms. The first kappa shape index (κ1) is 12.5. The van der Waals surface area contributed by atoms with Gasteiger partial charge in [0.2, 0.25) is 5.91 Å². The minimum atomic E-state index is -0.220. The average molecular weight is 337 g/mol. The number of methoxy groups -OCH3 is 1. The van der Waals surface area contributed by atoms with Gasteiger partial charge in [-0.25, -0.2) is 0 Å². The van der Waals surface area contributed by atoms with Crippen molar-refractivity contribution in [3.63, 3.8) is 0 Å². The fourth-order valence-corrected chi connectivity index (χ4v) is 1.58. The fourth-order valence-electron chi connectivity index (χ4n) is 0.994. The van der Waals surface area contributed by atoms with E-state index in [0.29, 0.717) is 11.4 Å². The Bertz CT molecular complexity index is 366. The third-order valence-electron chi connectivity index (χ3n) is 1.74. The lowest BCUT2D eigenvalue weighted by molar-refractivity contribution is -0.115. The van der Waals surface area contributed by atoms with Gasteiger partial charge in [-0.15, -0.1) is 0 Å². The van der Waals surface area contributed by atoms with Crippen molar-refractivity contribution >= 4 is 43.5 Å². The highest BCUT2D eigenvalue weighted by Crippen LogP contribution is 2.24. The molecule has 82 valence electrons. The molecule has 0 aromatic heterocycles. The first-order valence-corrected chi connectivity index (χ1v) is 6.03. The summed E-state index contributed by atoms with van der Waals surface area (Å²) in [5.74, 6) is 0.608. The van der Waals surface area contributed by atoms with E-state index in [2.05, 4.69) is 37.2 Å². The lowest BCUT2D eigenvalue weighted by Gasteiger charge is -2.09. The Morgan fingerprint density at radius 2 is 2.13 bits per heavy atom. The predicted octanol–water partition coefficient (Wildman–Crippen LogP) is 3.18. The van der Waals surface area contributed by atoms with Crippen LogP contribution in [0.15, 0.2) is 22.7 Å². The normalized spacial score (nSPS) is 12.0. The molecule has 0 aliphatic heterocycles. The lowest BCUT2D eigenvalue weighted by Crippen LogP contribution is -2.19. The topological polar surface area (TPSA) is 38.3 Å². The first-order valence-electron chi connectivity index (χ1n) is 4.32. The summed E-state index contributed by atoms with van der Waals surface area (Å²) in [6.45, 7) is 1.77. The number of benzene rings is 1. The van der Waals surface area contributed by atoms with Crippen LogP contribution >= 0.6 is 31.9 Å². The number of anilines is 1. The summed E-state index contributed by atoms with van der Waals surface area (Å²) in [5, 5.41) is 2.76. The molecule has 1 atom stereocenters. The third-order valence-corrected chi connectivity index (χ3v) is 2.61. The molecule has 1 amide bonds. The van der Waals surface area contributed by atoms with Crippen LogP contribution in [-0.2, 0) is 4.79 Å². The molecule has 0 spiro atoms. The number of rotatable bonds is 3. The van der Waals surface area contributed by atoms with Crippen LogP contribution in [0.3, 0.4) is 0 Å². The fraction of sp³-hybridized carbons (Fsp3) is 0.300. The number of hydrogen-bond donors (Lipinski definition) is 1. The van der Waals surface area contributed by atoms with Gasteiger partial charge in [-0.2, -0.15) is 0 Å². The molecule has 1 unspecified atom stereocenters. The summed E-state index contributed by atoms with van der Waals surface area (Å²) in [7, 11) is 1.58. The van der Waals surface area contributed by atoms with E-state index in [1.165, 1.54) is 0 Å². The summed E-state index contributed by atoms with van der Waals surface area (Å²) in [6.07, 6.45) is 0. The maximum atomic E-state index is 11.4.